The molecule has 0 saturated carbocycles. The highest BCUT2D eigenvalue weighted by atomic mass is 79.9. The number of rotatable bonds is 3. The molecule has 0 amide bonds. The zero-order valence-corrected chi connectivity index (χ0v) is 9.63. The van der Waals surface area contributed by atoms with E-state index < -0.39 is 0 Å². The van der Waals surface area contributed by atoms with Gasteiger partial charge in [-0.25, -0.2) is 0 Å². The first-order valence-corrected chi connectivity index (χ1v) is 5.33. The third-order valence-electron chi connectivity index (χ3n) is 2.08. The Morgan fingerprint density at radius 2 is 2.13 bits per heavy atom. The summed E-state index contributed by atoms with van der Waals surface area (Å²) in [5.41, 5.74) is 1.11. The second kappa shape index (κ2) is 4.56. The first kappa shape index (κ1) is 10.3. The summed E-state index contributed by atoms with van der Waals surface area (Å²) in [5, 5.41) is 3.12. The number of benzene rings is 1. The number of halogens is 1. The van der Waals surface area contributed by atoms with Crippen molar-refractivity contribution >= 4 is 15.9 Å². The summed E-state index contributed by atoms with van der Waals surface area (Å²) in [5.74, 6) is 4.10. The minimum atomic E-state index is 0.295. The number of hydrogen-bond donors (Lipinski definition) is 1. The fourth-order valence-electron chi connectivity index (χ4n) is 1.36. The van der Waals surface area contributed by atoms with Crippen molar-refractivity contribution < 1.29 is 9.47 Å². The Bertz CT molecular complexity index is 412. The SMILES string of the molecule is C#CCNCc1cc2c(cc1Br)OCO2. The molecule has 0 saturated heterocycles. The van der Waals surface area contributed by atoms with Gasteiger partial charge in [0.2, 0.25) is 6.79 Å². The van der Waals surface area contributed by atoms with Crippen LogP contribution in [0.1, 0.15) is 5.56 Å². The molecule has 1 heterocycles. The number of terminal acetylenes is 1. The Morgan fingerprint density at radius 1 is 1.40 bits per heavy atom. The minimum Gasteiger partial charge on any atom is -0.454 e. The number of nitrogens with one attached hydrogen (secondary N) is 1. The van der Waals surface area contributed by atoms with Crippen LogP contribution in [-0.4, -0.2) is 13.3 Å². The Labute approximate surface area is 96.9 Å². The molecule has 78 valence electrons. The molecule has 0 aliphatic carbocycles. The average molecular weight is 268 g/mol. The molecule has 1 aliphatic rings. The van der Waals surface area contributed by atoms with Gasteiger partial charge in [-0.3, -0.25) is 0 Å². The molecule has 2 rings (SSSR count). The zero-order chi connectivity index (χ0) is 10.7. The summed E-state index contributed by atoms with van der Waals surface area (Å²) in [7, 11) is 0. The maximum atomic E-state index is 5.29. The van der Waals surface area contributed by atoms with Gasteiger partial charge in [0.05, 0.1) is 6.54 Å². The van der Waals surface area contributed by atoms with Gasteiger partial charge < -0.3 is 14.8 Å². The predicted molar refractivity (Wildman–Crippen MR) is 60.8 cm³/mol. The summed E-state index contributed by atoms with van der Waals surface area (Å²) in [4.78, 5) is 0. The van der Waals surface area contributed by atoms with Crippen LogP contribution >= 0.6 is 15.9 Å². The first-order chi connectivity index (χ1) is 7.31. The van der Waals surface area contributed by atoms with Gasteiger partial charge in [-0.1, -0.05) is 21.9 Å². The van der Waals surface area contributed by atoms with Crippen LogP contribution in [0, 0.1) is 12.3 Å². The molecule has 0 aromatic heterocycles. The Hall–Kier alpha value is -1.18. The van der Waals surface area contributed by atoms with Crippen molar-refractivity contribution in [2.24, 2.45) is 0 Å². The van der Waals surface area contributed by atoms with Gasteiger partial charge in [-0.15, -0.1) is 6.42 Å². The molecular formula is C11H10BrNO2. The van der Waals surface area contributed by atoms with Gasteiger partial charge in [-0.2, -0.15) is 0 Å². The molecule has 0 spiro atoms. The molecule has 4 heteroatoms. The molecule has 15 heavy (non-hydrogen) atoms. The summed E-state index contributed by atoms with van der Waals surface area (Å²) in [6.07, 6.45) is 5.15. The minimum absolute atomic E-state index is 0.295. The van der Waals surface area contributed by atoms with E-state index in [1.54, 1.807) is 0 Å². The van der Waals surface area contributed by atoms with E-state index in [1.165, 1.54) is 0 Å². The molecule has 1 aromatic carbocycles. The van der Waals surface area contributed by atoms with Gasteiger partial charge in [0, 0.05) is 11.0 Å². The third kappa shape index (κ3) is 2.25. The van der Waals surface area contributed by atoms with Crippen molar-refractivity contribution in [2.45, 2.75) is 6.54 Å². The average Bonchev–Trinajstić information content (AvgIpc) is 2.65. The van der Waals surface area contributed by atoms with Crippen LogP contribution < -0.4 is 14.8 Å². The molecule has 1 aromatic rings. The third-order valence-corrected chi connectivity index (χ3v) is 2.82. The Kier molecular flexibility index (Phi) is 3.14. The molecular weight excluding hydrogens is 258 g/mol. The summed E-state index contributed by atoms with van der Waals surface area (Å²) < 4.78 is 11.5. The van der Waals surface area contributed by atoms with E-state index in [1.807, 2.05) is 12.1 Å². The maximum Gasteiger partial charge on any atom is 0.231 e. The second-order valence-electron chi connectivity index (χ2n) is 3.10. The first-order valence-electron chi connectivity index (χ1n) is 4.53. The van der Waals surface area contributed by atoms with Gasteiger partial charge in [0.1, 0.15) is 0 Å². The van der Waals surface area contributed by atoms with Crippen molar-refractivity contribution in [3.63, 3.8) is 0 Å². The Morgan fingerprint density at radius 3 is 2.87 bits per heavy atom. The fourth-order valence-corrected chi connectivity index (χ4v) is 1.83. The molecule has 3 nitrogen and oxygen atoms in total. The van der Waals surface area contributed by atoms with Crippen LogP contribution in [0.4, 0.5) is 0 Å². The van der Waals surface area contributed by atoms with Crippen LogP contribution in [0.3, 0.4) is 0 Å². The highest BCUT2D eigenvalue weighted by molar-refractivity contribution is 9.10. The molecule has 0 radical (unpaired) electrons. The van der Waals surface area contributed by atoms with Crippen molar-refractivity contribution in [1.82, 2.24) is 5.32 Å². The smallest absolute Gasteiger partial charge is 0.231 e. The molecule has 0 bridgehead atoms. The number of hydrogen-bond acceptors (Lipinski definition) is 3. The summed E-state index contributed by atoms with van der Waals surface area (Å²) in [6.45, 7) is 1.56. The van der Waals surface area contributed by atoms with Crippen molar-refractivity contribution in [1.29, 1.82) is 0 Å². The van der Waals surface area contributed by atoms with Crippen molar-refractivity contribution in [3.05, 3.63) is 22.2 Å². The lowest BCUT2D eigenvalue weighted by atomic mass is 10.2. The molecule has 0 fully saturated rings. The Balaban J connectivity index is 2.14. The molecule has 1 aliphatic heterocycles. The summed E-state index contributed by atoms with van der Waals surface area (Å²) in [6, 6.07) is 3.87. The summed E-state index contributed by atoms with van der Waals surface area (Å²) >= 11 is 3.47. The molecule has 1 N–H and O–H groups in total. The normalized spacial score (nSPS) is 12.5. The van der Waals surface area contributed by atoms with E-state index in [-0.39, 0.29) is 0 Å². The van der Waals surface area contributed by atoms with Gasteiger partial charge in [-0.05, 0) is 17.7 Å². The monoisotopic (exact) mass is 267 g/mol. The van der Waals surface area contributed by atoms with Crippen LogP contribution in [-0.2, 0) is 6.54 Å². The van der Waals surface area contributed by atoms with Gasteiger partial charge in [0.25, 0.3) is 0 Å². The topological polar surface area (TPSA) is 30.5 Å². The molecule has 0 atom stereocenters. The van der Waals surface area contributed by atoms with E-state index >= 15 is 0 Å². The standard InChI is InChI=1S/C11H10BrNO2/c1-2-3-13-6-8-4-10-11(5-9(8)12)15-7-14-10/h1,4-5,13H,3,6-7H2. The van der Waals surface area contributed by atoms with Crippen LogP contribution in [0.2, 0.25) is 0 Å². The van der Waals surface area contributed by atoms with E-state index in [4.69, 9.17) is 15.9 Å². The van der Waals surface area contributed by atoms with Crippen molar-refractivity contribution in [2.75, 3.05) is 13.3 Å². The van der Waals surface area contributed by atoms with E-state index in [9.17, 15) is 0 Å². The quantitative estimate of drug-likeness (QED) is 0.671. The van der Waals surface area contributed by atoms with E-state index in [0.717, 1.165) is 21.5 Å². The lowest BCUT2D eigenvalue weighted by molar-refractivity contribution is 0.174. The fraction of sp³-hybridized carbons (Fsp3) is 0.273. The lowest BCUT2D eigenvalue weighted by Crippen LogP contribution is -2.13. The molecule has 0 unspecified atom stereocenters. The van der Waals surface area contributed by atoms with Gasteiger partial charge in [0.15, 0.2) is 11.5 Å². The van der Waals surface area contributed by atoms with Gasteiger partial charge >= 0.3 is 0 Å². The van der Waals surface area contributed by atoms with Crippen molar-refractivity contribution in [3.8, 4) is 23.8 Å². The second-order valence-corrected chi connectivity index (χ2v) is 3.96. The highest BCUT2D eigenvalue weighted by Gasteiger charge is 2.15. The number of ether oxygens (including phenoxy) is 2. The number of fused-ring (bicyclic) bond motifs is 1. The lowest BCUT2D eigenvalue weighted by Gasteiger charge is -2.06. The highest BCUT2D eigenvalue weighted by Crippen LogP contribution is 2.36. The van der Waals surface area contributed by atoms with Crippen LogP contribution in [0.5, 0.6) is 11.5 Å². The predicted octanol–water partition coefficient (Wildman–Crippen LogP) is 1.90. The van der Waals surface area contributed by atoms with E-state index in [0.29, 0.717) is 19.9 Å². The van der Waals surface area contributed by atoms with E-state index in [2.05, 4.69) is 27.2 Å². The van der Waals surface area contributed by atoms with Crippen LogP contribution in [0.15, 0.2) is 16.6 Å². The van der Waals surface area contributed by atoms with Crippen LogP contribution in [0.25, 0.3) is 0 Å². The largest absolute Gasteiger partial charge is 0.454 e. The zero-order valence-electron chi connectivity index (χ0n) is 8.05. The maximum absolute atomic E-state index is 5.29.